The predicted molar refractivity (Wildman–Crippen MR) is 73.2 cm³/mol. The summed E-state index contributed by atoms with van der Waals surface area (Å²) in [5.74, 6) is 0.684. The minimum absolute atomic E-state index is 0.0749. The molecular formula is C14H17BrO3. The van der Waals surface area contributed by atoms with Crippen LogP contribution in [0.3, 0.4) is 0 Å². The molecule has 0 saturated carbocycles. The summed E-state index contributed by atoms with van der Waals surface area (Å²) >= 11 is 3.37. The molecule has 0 radical (unpaired) electrons. The molecular weight excluding hydrogens is 296 g/mol. The van der Waals surface area contributed by atoms with Crippen LogP contribution in [0.2, 0.25) is 0 Å². The van der Waals surface area contributed by atoms with Crippen molar-refractivity contribution in [3.8, 4) is 5.75 Å². The minimum Gasteiger partial charge on any atom is -0.494 e. The van der Waals surface area contributed by atoms with Crippen LogP contribution in [0.25, 0.3) is 0 Å². The number of aryl methyl sites for hydroxylation is 1. The maximum atomic E-state index is 11.0. The van der Waals surface area contributed by atoms with Gasteiger partial charge in [-0.3, -0.25) is 4.79 Å². The summed E-state index contributed by atoms with van der Waals surface area (Å²) in [6.45, 7) is 2.17. The van der Waals surface area contributed by atoms with E-state index < -0.39 is 0 Å². The van der Waals surface area contributed by atoms with E-state index in [9.17, 15) is 4.79 Å². The first kappa shape index (κ1) is 13.4. The summed E-state index contributed by atoms with van der Waals surface area (Å²) in [5, 5.41) is 0.951. The lowest BCUT2D eigenvalue weighted by atomic mass is 10.1. The van der Waals surface area contributed by atoms with Gasteiger partial charge in [0.15, 0.2) is 0 Å². The molecule has 1 aliphatic carbocycles. The highest BCUT2D eigenvalue weighted by atomic mass is 79.9. The quantitative estimate of drug-likeness (QED) is 0.475. The summed E-state index contributed by atoms with van der Waals surface area (Å²) in [4.78, 5) is 11.0. The summed E-state index contributed by atoms with van der Waals surface area (Å²) in [6.07, 6.45) is 2.74. The zero-order chi connectivity index (χ0) is 13.0. The summed E-state index contributed by atoms with van der Waals surface area (Å²) in [7, 11) is 0. The largest absolute Gasteiger partial charge is 0.494 e. The van der Waals surface area contributed by atoms with Crippen LogP contribution in [-0.2, 0) is 16.0 Å². The molecule has 0 unspecified atom stereocenters. The van der Waals surface area contributed by atoms with Crippen molar-refractivity contribution in [3.05, 3.63) is 29.3 Å². The Hall–Kier alpha value is -1.03. The Kier molecular flexibility index (Phi) is 4.64. The standard InChI is InChI=1S/C14H17BrO3/c1-10(16)18-14-6-3-11-9-12(4-5-13(11)14)17-8-2-7-15/h4-5,9,14H,2-3,6-8H2,1H3/t14-/m0/s1. The molecule has 0 heterocycles. The van der Waals surface area contributed by atoms with Crippen molar-refractivity contribution in [2.45, 2.75) is 32.3 Å². The lowest BCUT2D eigenvalue weighted by Crippen LogP contribution is -2.05. The minimum atomic E-state index is -0.217. The van der Waals surface area contributed by atoms with Crippen LogP contribution in [0.15, 0.2) is 18.2 Å². The molecule has 0 aliphatic heterocycles. The molecule has 0 spiro atoms. The van der Waals surface area contributed by atoms with Crippen LogP contribution >= 0.6 is 15.9 Å². The highest BCUT2D eigenvalue weighted by molar-refractivity contribution is 9.09. The number of benzene rings is 1. The van der Waals surface area contributed by atoms with E-state index in [0.29, 0.717) is 0 Å². The van der Waals surface area contributed by atoms with Crippen LogP contribution in [0.5, 0.6) is 5.75 Å². The van der Waals surface area contributed by atoms with Gasteiger partial charge in [-0.2, -0.15) is 0 Å². The smallest absolute Gasteiger partial charge is 0.303 e. The van der Waals surface area contributed by atoms with Gasteiger partial charge in [-0.25, -0.2) is 0 Å². The maximum Gasteiger partial charge on any atom is 0.303 e. The van der Waals surface area contributed by atoms with Gasteiger partial charge in [0.1, 0.15) is 11.9 Å². The first-order valence-corrected chi connectivity index (χ1v) is 7.31. The van der Waals surface area contributed by atoms with Gasteiger partial charge in [0.05, 0.1) is 6.61 Å². The van der Waals surface area contributed by atoms with Crippen LogP contribution in [-0.4, -0.2) is 17.9 Å². The molecule has 0 aromatic heterocycles. The van der Waals surface area contributed by atoms with Gasteiger partial charge >= 0.3 is 5.97 Å². The summed E-state index contributed by atoms with van der Waals surface area (Å²) in [6, 6.07) is 6.03. The fourth-order valence-electron chi connectivity index (χ4n) is 2.21. The van der Waals surface area contributed by atoms with Crippen molar-refractivity contribution in [2.24, 2.45) is 0 Å². The number of hydrogen-bond donors (Lipinski definition) is 0. The Morgan fingerprint density at radius 3 is 3.06 bits per heavy atom. The van der Waals surface area contributed by atoms with Crippen LogP contribution in [0.1, 0.15) is 37.0 Å². The Labute approximate surface area is 116 Å². The molecule has 1 aromatic rings. The van der Waals surface area contributed by atoms with Gasteiger partial charge in [-0.05, 0) is 42.5 Å². The monoisotopic (exact) mass is 312 g/mol. The Morgan fingerprint density at radius 1 is 1.50 bits per heavy atom. The molecule has 1 atom stereocenters. The topological polar surface area (TPSA) is 35.5 Å². The van der Waals surface area contributed by atoms with Gasteiger partial charge in [0.2, 0.25) is 0 Å². The number of hydrogen-bond acceptors (Lipinski definition) is 3. The number of carbonyl (C=O) groups excluding carboxylic acids is 1. The molecule has 1 aromatic carbocycles. The molecule has 98 valence electrons. The van der Waals surface area contributed by atoms with E-state index in [1.54, 1.807) is 0 Å². The van der Waals surface area contributed by atoms with Crippen molar-refractivity contribution in [3.63, 3.8) is 0 Å². The van der Waals surface area contributed by atoms with Gasteiger partial charge in [0, 0.05) is 12.3 Å². The highest BCUT2D eigenvalue weighted by Gasteiger charge is 2.25. The number of carbonyl (C=O) groups is 1. The van der Waals surface area contributed by atoms with Crippen molar-refractivity contribution in [2.75, 3.05) is 11.9 Å². The Balaban J connectivity index is 2.03. The average Bonchev–Trinajstić information content (AvgIpc) is 2.72. The number of fused-ring (bicyclic) bond motifs is 1. The van der Waals surface area contributed by atoms with E-state index in [0.717, 1.165) is 42.5 Å². The third-order valence-corrected chi connectivity index (χ3v) is 3.55. The van der Waals surface area contributed by atoms with Gasteiger partial charge in [0.25, 0.3) is 0 Å². The second-order valence-corrected chi connectivity index (χ2v) is 5.18. The number of rotatable bonds is 5. The van der Waals surface area contributed by atoms with Crippen LogP contribution in [0, 0.1) is 0 Å². The molecule has 18 heavy (non-hydrogen) atoms. The lowest BCUT2D eigenvalue weighted by molar-refractivity contribution is -0.146. The average molecular weight is 313 g/mol. The summed E-state index contributed by atoms with van der Waals surface area (Å²) < 4.78 is 10.9. The van der Waals surface area contributed by atoms with Crippen LogP contribution in [0.4, 0.5) is 0 Å². The van der Waals surface area contributed by atoms with Crippen LogP contribution < -0.4 is 4.74 Å². The third-order valence-electron chi connectivity index (χ3n) is 2.99. The summed E-state index contributed by atoms with van der Waals surface area (Å²) in [5.41, 5.74) is 2.36. The van der Waals surface area contributed by atoms with E-state index in [-0.39, 0.29) is 12.1 Å². The highest BCUT2D eigenvalue weighted by Crippen LogP contribution is 2.36. The zero-order valence-corrected chi connectivity index (χ0v) is 12.0. The van der Waals surface area contributed by atoms with Gasteiger partial charge < -0.3 is 9.47 Å². The second-order valence-electron chi connectivity index (χ2n) is 4.39. The van der Waals surface area contributed by atoms with E-state index >= 15 is 0 Å². The Bertz CT molecular complexity index is 431. The fourth-order valence-corrected chi connectivity index (χ4v) is 2.44. The second kappa shape index (κ2) is 6.23. The van der Waals surface area contributed by atoms with E-state index in [1.807, 2.05) is 12.1 Å². The van der Waals surface area contributed by atoms with Crippen molar-refractivity contribution in [1.82, 2.24) is 0 Å². The molecule has 0 amide bonds. The maximum absolute atomic E-state index is 11.0. The molecule has 0 bridgehead atoms. The van der Waals surface area contributed by atoms with Gasteiger partial charge in [-0.15, -0.1) is 0 Å². The lowest BCUT2D eigenvalue weighted by Gasteiger charge is -2.12. The molecule has 0 N–H and O–H groups in total. The van der Waals surface area contributed by atoms with Crippen molar-refractivity contribution < 1.29 is 14.3 Å². The number of halogens is 1. The first-order chi connectivity index (χ1) is 8.70. The number of alkyl halides is 1. The first-order valence-electron chi connectivity index (χ1n) is 6.19. The molecule has 3 nitrogen and oxygen atoms in total. The molecule has 4 heteroatoms. The van der Waals surface area contributed by atoms with Crippen molar-refractivity contribution in [1.29, 1.82) is 0 Å². The predicted octanol–water partition coefficient (Wildman–Crippen LogP) is 3.40. The zero-order valence-electron chi connectivity index (χ0n) is 10.4. The molecule has 2 rings (SSSR count). The normalized spacial score (nSPS) is 17.3. The van der Waals surface area contributed by atoms with Gasteiger partial charge in [-0.1, -0.05) is 22.0 Å². The SMILES string of the molecule is CC(=O)O[C@H]1CCc2cc(OCCCBr)ccc21. The van der Waals surface area contributed by atoms with E-state index in [4.69, 9.17) is 9.47 Å². The molecule has 1 aliphatic rings. The number of esters is 1. The molecule has 0 fully saturated rings. The molecule has 0 saturated heterocycles. The van der Waals surface area contributed by atoms with Crippen molar-refractivity contribution >= 4 is 21.9 Å². The van der Waals surface area contributed by atoms with E-state index in [2.05, 4.69) is 22.0 Å². The Morgan fingerprint density at radius 2 is 2.33 bits per heavy atom. The third kappa shape index (κ3) is 3.25. The van der Waals surface area contributed by atoms with E-state index in [1.165, 1.54) is 12.5 Å². The fraction of sp³-hybridized carbons (Fsp3) is 0.500. The number of ether oxygens (including phenoxy) is 2.